The van der Waals surface area contributed by atoms with Crippen LogP contribution in [0.3, 0.4) is 0 Å². The summed E-state index contributed by atoms with van der Waals surface area (Å²) in [7, 11) is 0. The summed E-state index contributed by atoms with van der Waals surface area (Å²) in [4.78, 5) is 20.3. The fraction of sp³-hybridized carbons (Fsp3) is 0.714. The maximum absolute atomic E-state index is 12.0. The first kappa shape index (κ1) is 11.9. The summed E-state index contributed by atoms with van der Waals surface area (Å²) in [5, 5.41) is 4.66. The summed E-state index contributed by atoms with van der Waals surface area (Å²) >= 11 is 1.87. The zero-order valence-corrected chi connectivity index (χ0v) is 11.8. The largest absolute Gasteiger partial charge is 0.338 e. The summed E-state index contributed by atoms with van der Waals surface area (Å²) in [6.07, 6.45) is 6.39. The van der Waals surface area contributed by atoms with Crippen LogP contribution in [0.2, 0.25) is 0 Å². The van der Waals surface area contributed by atoms with Gasteiger partial charge >= 0.3 is 0 Å². The third kappa shape index (κ3) is 1.99. The summed E-state index contributed by atoms with van der Waals surface area (Å²) in [6, 6.07) is 0.855. The lowest BCUT2D eigenvalue weighted by molar-refractivity contribution is -0.129. The van der Waals surface area contributed by atoms with E-state index in [0.29, 0.717) is 24.4 Å². The Kier molecular flexibility index (Phi) is 2.84. The molecule has 0 saturated carbocycles. The van der Waals surface area contributed by atoms with Crippen molar-refractivity contribution >= 4 is 17.2 Å². The molecule has 2 aliphatic heterocycles. The van der Waals surface area contributed by atoms with Crippen LogP contribution < -0.4 is 5.32 Å². The Bertz CT molecular complexity index is 491. The Labute approximate surface area is 117 Å². The van der Waals surface area contributed by atoms with Crippen molar-refractivity contribution in [3.05, 3.63) is 15.6 Å². The monoisotopic (exact) mass is 277 g/mol. The van der Waals surface area contributed by atoms with Crippen LogP contribution in [0.15, 0.2) is 0 Å². The molecule has 4 rings (SSSR count). The molecule has 4 nitrogen and oxygen atoms in total. The van der Waals surface area contributed by atoms with E-state index in [0.717, 1.165) is 32.4 Å². The minimum atomic E-state index is 0.325. The SMILES string of the molecule is O=C1C[C@H]2NCC[C@H]2N1CCc1nc2c(s1)CCC2. The number of aromatic nitrogens is 1. The first-order valence-corrected chi connectivity index (χ1v) is 8.13. The van der Waals surface area contributed by atoms with Crippen LogP contribution in [0.4, 0.5) is 0 Å². The van der Waals surface area contributed by atoms with Crippen molar-refractivity contribution in [3.63, 3.8) is 0 Å². The average Bonchev–Trinajstić information content (AvgIpc) is 3.06. The zero-order chi connectivity index (χ0) is 12.8. The minimum Gasteiger partial charge on any atom is -0.338 e. The van der Waals surface area contributed by atoms with Crippen LogP contribution in [0.5, 0.6) is 0 Å². The van der Waals surface area contributed by atoms with E-state index in [2.05, 4.69) is 10.2 Å². The highest BCUT2D eigenvalue weighted by Crippen LogP contribution is 2.29. The van der Waals surface area contributed by atoms with Crippen molar-refractivity contribution in [3.8, 4) is 0 Å². The molecule has 0 radical (unpaired) electrons. The molecular weight excluding hydrogens is 258 g/mol. The second-order valence-corrected chi connectivity index (χ2v) is 6.96. The van der Waals surface area contributed by atoms with Gasteiger partial charge in [0, 0.05) is 36.3 Å². The fourth-order valence-corrected chi connectivity index (χ4v) is 4.83. The van der Waals surface area contributed by atoms with E-state index in [1.807, 2.05) is 11.3 Å². The molecule has 1 amide bonds. The van der Waals surface area contributed by atoms with E-state index in [-0.39, 0.29) is 0 Å². The number of thiazole rings is 1. The molecule has 1 aromatic rings. The molecule has 2 atom stereocenters. The average molecular weight is 277 g/mol. The molecule has 5 heteroatoms. The third-order valence-corrected chi connectivity index (χ3v) is 5.85. The molecule has 0 aromatic carbocycles. The van der Waals surface area contributed by atoms with Crippen LogP contribution in [0.25, 0.3) is 0 Å². The normalized spacial score (nSPS) is 29.1. The van der Waals surface area contributed by atoms with E-state index < -0.39 is 0 Å². The molecule has 0 unspecified atom stereocenters. The van der Waals surface area contributed by atoms with Gasteiger partial charge in [-0.25, -0.2) is 4.98 Å². The molecule has 1 aliphatic carbocycles. The van der Waals surface area contributed by atoms with Crippen LogP contribution >= 0.6 is 11.3 Å². The Morgan fingerprint density at radius 2 is 2.37 bits per heavy atom. The van der Waals surface area contributed by atoms with Gasteiger partial charge in [0.15, 0.2) is 0 Å². The summed E-state index contributed by atoms with van der Waals surface area (Å²) in [5.74, 6) is 0.325. The summed E-state index contributed by atoms with van der Waals surface area (Å²) < 4.78 is 0. The molecule has 2 fully saturated rings. The highest BCUT2D eigenvalue weighted by Gasteiger charge is 2.41. The lowest BCUT2D eigenvalue weighted by Gasteiger charge is -2.22. The third-order valence-electron chi connectivity index (χ3n) is 4.63. The highest BCUT2D eigenvalue weighted by molar-refractivity contribution is 7.11. The van der Waals surface area contributed by atoms with Gasteiger partial charge in [0.1, 0.15) is 0 Å². The summed E-state index contributed by atoms with van der Waals surface area (Å²) in [5.41, 5.74) is 1.33. The van der Waals surface area contributed by atoms with Gasteiger partial charge in [0.2, 0.25) is 5.91 Å². The van der Waals surface area contributed by atoms with Gasteiger partial charge in [-0.2, -0.15) is 0 Å². The molecule has 19 heavy (non-hydrogen) atoms. The Morgan fingerprint density at radius 1 is 1.42 bits per heavy atom. The maximum Gasteiger partial charge on any atom is 0.224 e. The Balaban J connectivity index is 1.42. The number of carbonyl (C=O) groups is 1. The number of fused-ring (bicyclic) bond motifs is 2. The zero-order valence-electron chi connectivity index (χ0n) is 11.0. The lowest BCUT2D eigenvalue weighted by atomic mass is 10.1. The minimum absolute atomic E-state index is 0.325. The number of aryl methyl sites for hydroxylation is 2. The van der Waals surface area contributed by atoms with Gasteiger partial charge in [0.05, 0.1) is 10.7 Å². The number of likely N-dealkylation sites (tertiary alicyclic amines) is 1. The van der Waals surface area contributed by atoms with Crippen molar-refractivity contribution in [2.45, 2.75) is 50.6 Å². The van der Waals surface area contributed by atoms with Crippen LogP contribution in [-0.4, -0.2) is 41.0 Å². The van der Waals surface area contributed by atoms with Gasteiger partial charge in [-0.05, 0) is 32.2 Å². The Hall–Kier alpha value is -0.940. The molecule has 0 spiro atoms. The quantitative estimate of drug-likeness (QED) is 0.901. The maximum atomic E-state index is 12.0. The Morgan fingerprint density at radius 3 is 3.26 bits per heavy atom. The molecule has 1 N–H and O–H groups in total. The molecule has 2 saturated heterocycles. The highest BCUT2D eigenvalue weighted by atomic mass is 32.1. The number of nitrogens with zero attached hydrogens (tertiary/aromatic N) is 2. The van der Waals surface area contributed by atoms with Crippen molar-refractivity contribution < 1.29 is 4.79 Å². The number of hydrogen-bond donors (Lipinski definition) is 1. The second kappa shape index (κ2) is 4.56. The predicted molar refractivity (Wildman–Crippen MR) is 74.4 cm³/mol. The van der Waals surface area contributed by atoms with Crippen molar-refractivity contribution in [2.75, 3.05) is 13.1 Å². The standard InChI is InChI=1S/C14H19N3OS/c18-14-8-10-11(4-6-15-10)17(14)7-5-13-16-9-2-1-3-12(9)19-13/h10-11,15H,1-8H2/t10-,11-/m1/s1. The van der Waals surface area contributed by atoms with E-state index in [9.17, 15) is 4.79 Å². The van der Waals surface area contributed by atoms with E-state index in [1.54, 1.807) is 0 Å². The number of rotatable bonds is 3. The van der Waals surface area contributed by atoms with E-state index >= 15 is 0 Å². The van der Waals surface area contributed by atoms with Crippen molar-refractivity contribution in [2.24, 2.45) is 0 Å². The smallest absolute Gasteiger partial charge is 0.224 e. The van der Waals surface area contributed by atoms with Crippen molar-refractivity contribution in [1.29, 1.82) is 0 Å². The van der Waals surface area contributed by atoms with Crippen LogP contribution in [0.1, 0.15) is 34.8 Å². The van der Waals surface area contributed by atoms with Gasteiger partial charge in [-0.1, -0.05) is 0 Å². The second-order valence-electron chi connectivity index (χ2n) is 5.79. The molecule has 3 aliphatic rings. The molecule has 0 bridgehead atoms. The van der Waals surface area contributed by atoms with E-state index in [4.69, 9.17) is 4.98 Å². The van der Waals surface area contributed by atoms with Crippen LogP contribution in [0, 0.1) is 0 Å². The number of nitrogens with one attached hydrogen (secondary N) is 1. The topological polar surface area (TPSA) is 45.2 Å². The van der Waals surface area contributed by atoms with E-state index in [1.165, 1.54) is 28.4 Å². The molecule has 3 heterocycles. The van der Waals surface area contributed by atoms with Gasteiger partial charge in [-0.3, -0.25) is 4.79 Å². The first-order valence-electron chi connectivity index (χ1n) is 7.31. The van der Waals surface area contributed by atoms with Gasteiger partial charge in [0.25, 0.3) is 0 Å². The fourth-order valence-electron chi connectivity index (χ4n) is 3.68. The van der Waals surface area contributed by atoms with Crippen molar-refractivity contribution in [1.82, 2.24) is 15.2 Å². The molecule has 1 aromatic heterocycles. The lowest BCUT2D eigenvalue weighted by Crippen LogP contribution is -2.37. The van der Waals surface area contributed by atoms with Gasteiger partial charge in [-0.15, -0.1) is 11.3 Å². The molecular formula is C14H19N3OS. The van der Waals surface area contributed by atoms with Crippen LogP contribution in [-0.2, 0) is 24.1 Å². The number of carbonyl (C=O) groups excluding carboxylic acids is 1. The molecule has 102 valence electrons. The number of hydrogen-bond acceptors (Lipinski definition) is 4. The van der Waals surface area contributed by atoms with Gasteiger partial charge < -0.3 is 10.2 Å². The first-order chi connectivity index (χ1) is 9.31. The number of amides is 1. The summed E-state index contributed by atoms with van der Waals surface area (Å²) in [6.45, 7) is 1.92. The predicted octanol–water partition coefficient (Wildman–Crippen LogP) is 1.14.